The van der Waals surface area contributed by atoms with E-state index in [0.717, 1.165) is 5.92 Å². The SMILES string of the molecule is CON=C[C](C)C. The summed E-state index contributed by atoms with van der Waals surface area (Å²) in [5, 5.41) is 3.51. The van der Waals surface area contributed by atoms with Crippen LogP contribution in [0.5, 0.6) is 0 Å². The Hall–Kier alpha value is -0.530. The molecule has 0 aliphatic rings. The van der Waals surface area contributed by atoms with Gasteiger partial charge in [-0.1, -0.05) is 19.0 Å². The highest BCUT2D eigenvalue weighted by Gasteiger charge is 1.81. The first-order valence-corrected chi connectivity index (χ1v) is 2.14. The van der Waals surface area contributed by atoms with Crippen molar-refractivity contribution in [2.24, 2.45) is 5.16 Å². The van der Waals surface area contributed by atoms with E-state index >= 15 is 0 Å². The summed E-state index contributed by atoms with van der Waals surface area (Å²) in [6.45, 7) is 3.92. The maximum atomic E-state index is 4.40. The topological polar surface area (TPSA) is 21.6 Å². The van der Waals surface area contributed by atoms with Crippen LogP contribution in [0, 0.1) is 5.92 Å². The van der Waals surface area contributed by atoms with Crippen LogP contribution < -0.4 is 0 Å². The van der Waals surface area contributed by atoms with Crippen molar-refractivity contribution in [3.63, 3.8) is 0 Å². The van der Waals surface area contributed by atoms with Crippen LogP contribution >= 0.6 is 0 Å². The van der Waals surface area contributed by atoms with Gasteiger partial charge in [-0.15, -0.1) is 0 Å². The molecule has 0 spiro atoms. The number of hydrogen-bond acceptors (Lipinski definition) is 2. The monoisotopic (exact) mass is 100 g/mol. The molecule has 0 atom stereocenters. The summed E-state index contributed by atoms with van der Waals surface area (Å²) < 4.78 is 0. The lowest BCUT2D eigenvalue weighted by Gasteiger charge is -1.88. The lowest BCUT2D eigenvalue weighted by molar-refractivity contribution is 0.215. The summed E-state index contributed by atoms with van der Waals surface area (Å²) in [5.41, 5.74) is 0. The van der Waals surface area contributed by atoms with Crippen molar-refractivity contribution in [3.8, 4) is 0 Å². The van der Waals surface area contributed by atoms with Gasteiger partial charge >= 0.3 is 0 Å². The molecule has 0 unspecified atom stereocenters. The fraction of sp³-hybridized carbons (Fsp3) is 0.600. The van der Waals surface area contributed by atoms with Crippen molar-refractivity contribution in [3.05, 3.63) is 5.92 Å². The molecule has 0 N–H and O–H groups in total. The maximum Gasteiger partial charge on any atom is 0.106 e. The standard InChI is InChI=1S/C5H10NO/c1-5(2)4-6-7-3/h4H,1-3H3. The third kappa shape index (κ3) is 5.47. The van der Waals surface area contributed by atoms with Crippen molar-refractivity contribution in [2.75, 3.05) is 7.11 Å². The fourth-order valence-electron chi connectivity index (χ4n) is 0.158. The summed E-state index contributed by atoms with van der Waals surface area (Å²) >= 11 is 0. The molecule has 0 aliphatic carbocycles. The van der Waals surface area contributed by atoms with Crippen molar-refractivity contribution < 1.29 is 4.84 Å². The molecule has 0 aliphatic heterocycles. The lowest BCUT2D eigenvalue weighted by atomic mass is 10.3. The fourth-order valence-corrected chi connectivity index (χ4v) is 0.158. The number of hydrogen-bond donors (Lipinski definition) is 0. The smallest absolute Gasteiger partial charge is 0.106 e. The zero-order chi connectivity index (χ0) is 5.70. The molecule has 0 saturated heterocycles. The van der Waals surface area contributed by atoms with Gasteiger partial charge in [0, 0.05) is 5.92 Å². The van der Waals surface area contributed by atoms with E-state index in [1.165, 1.54) is 7.11 Å². The van der Waals surface area contributed by atoms with E-state index in [1.54, 1.807) is 6.21 Å². The van der Waals surface area contributed by atoms with Gasteiger partial charge in [0.05, 0.1) is 6.21 Å². The normalized spacial score (nSPS) is 10.9. The van der Waals surface area contributed by atoms with E-state index in [9.17, 15) is 0 Å². The predicted octanol–water partition coefficient (Wildman–Crippen LogP) is 1.23. The Balaban J connectivity index is 3.08. The summed E-state index contributed by atoms with van der Waals surface area (Å²) in [6.07, 6.45) is 1.67. The molecular weight excluding hydrogens is 90.1 g/mol. The van der Waals surface area contributed by atoms with Crippen LogP contribution in [0.4, 0.5) is 0 Å². The van der Waals surface area contributed by atoms with E-state index in [1.807, 2.05) is 13.8 Å². The average Bonchev–Trinajstić information content (AvgIpc) is 1.61. The third-order valence-corrected chi connectivity index (χ3v) is 0.416. The minimum Gasteiger partial charge on any atom is -0.399 e. The van der Waals surface area contributed by atoms with Crippen LogP contribution in [0.2, 0.25) is 0 Å². The Morgan fingerprint density at radius 2 is 2.14 bits per heavy atom. The van der Waals surface area contributed by atoms with Gasteiger partial charge in [-0.2, -0.15) is 0 Å². The molecular formula is C5H10NO. The highest BCUT2D eigenvalue weighted by Crippen LogP contribution is 1.86. The van der Waals surface area contributed by atoms with Gasteiger partial charge in [0.15, 0.2) is 0 Å². The van der Waals surface area contributed by atoms with Gasteiger partial charge < -0.3 is 4.84 Å². The second-order valence-corrected chi connectivity index (χ2v) is 1.49. The zero-order valence-corrected chi connectivity index (χ0v) is 4.93. The Kier molecular flexibility index (Phi) is 3.38. The molecule has 0 rings (SSSR count). The van der Waals surface area contributed by atoms with Gasteiger partial charge in [-0.25, -0.2) is 0 Å². The van der Waals surface area contributed by atoms with E-state index in [0.29, 0.717) is 0 Å². The van der Waals surface area contributed by atoms with Gasteiger partial charge in [-0.3, -0.25) is 0 Å². The number of nitrogens with zero attached hydrogens (tertiary/aromatic N) is 1. The van der Waals surface area contributed by atoms with Crippen molar-refractivity contribution in [1.29, 1.82) is 0 Å². The molecule has 2 nitrogen and oxygen atoms in total. The molecule has 1 radical (unpaired) electrons. The molecule has 0 aromatic rings. The largest absolute Gasteiger partial charge is 0.399 e. The predicted molar refractivity (Wildman–Crippen MR) is 30.1 cm³/mol. The minimum absolute atomic E-state index is 1.14. The Morgan fingerprint density at radius 3 is 2.29 bits per heavy atom. The number of oxime groups is 1. The third-order valence-electron chi connectivity index (χ3n) is 0.416. The summed E-state index contributed by atoms with van der Waals surface area (Å²) in [6, 6.07) is 0. The van der Waals surface area contributed by atoms with Crippen LogP contribution in [0.15, 0.2) is 5.16 Å². The molecule has 0 aromatic carbocycles. The highest BCUT2D eigenvalue weighted by molar-refractivity contribution is 5.71. The lowest BCUT2D eigenvalue weighted by Crippen LogP contribution is -1.83. The number of rotatable bonds is 2. The zero-order valence-electron chi connectivity index (χ0n) is 4.93. The maximum absolute atomic E-state index is 4.40. The van der Waals surface area contributed by atoms with Gasteiger partial charge in [0.2, 0.25) is 0 Å². The second-order valence-electron chi connectivity index (χ2n) is 1.49. The molecule has 2 heteroatoms. The van der Waals surface area contributed by atoms with E-state index in [2.05, 4.69) is 9.99 Å². The molecule has 0 fully saturated rings. The Bertz CT molecular complexity index is 59.1. The first kappa shape index (κ1) is 6.47. The average molecular weight is 100 g/mol. The van der Waals surface area contributed by atoms with Crippen LogP contribution in [0.1, 0.15) is 13.8 Å². The molecule has 41 valence electrons. The van der Waals surface area contributed by atoms with Gasteiger partial charge in [-0.05, 0) is 0 Å². The van der Waals surface area contributed by atoms with Gasteiger partial charge in [0.1, 0.15) is 7.11 Å². The molecule has 0 bridgehead atoms. The summed E-state index contributed by atoms with van der Waals surface area (Å²) in [5.74, 6) is 1.14. The molecule has 0 aromatic heterocycles. The van der Waals surface area contributed by atoms with E-state index in [4.69, 9.17) is 0 Å². The van der Waals surface area contributed by atoms with Crippen molar-refractivity contribution in [1.82, 2.24) is 0 Å². The summed E-state index contributed by atoms with van der Waals surface area (Å²) in [4.78, 5) is 4.40. The van der Waals surface area contributed by atoms with E-state index < -0.39 is 0 Å². The molecule has 0 saturated carbocycles. The van der Waals surface area contributed by atoms with Crippen LogP contribution in [0.3, 0.4) is 0 Å². The summed E-state index contributed by atoms with van der Waals surface area (Å²) in [7, 11) is 1.53. The highest BCUT2D eigenvalue weighted by atomic mass is 16.6. The molecule has 0 heterocycles. The van der Waals surface area contributed by atoms with Crippen LogP contribution in [-0.4, -0.2) is 13.3 Å². The Morgan fingerprint density at radius 1 is 1.57 bits per heavy atom. The van der Waals surface area contributed by atoms with Crippen molar-refractivity contribution >= 4 is 6.21 Å². The van der Waals surface area contributed by atoms with Crippen LogP contribution in [0.25, 0.3) is 0 Å². The molecule has 0 amide bonds. The minimum atomic E-state index is 1.14. The first-order valence-electron chi connectivity index (χ1n) is 2.14. The van der Waals surface area contributed by atoms with Gasteiger partial charge in [0.25, 0.3) is 0 Å². The van der Waals surface area contributed by atoms with E-state index in [-0.39, 0.29) is 0 Å². The molecule has 7 heavy (non-hydrogen) atoms. The van der Waals surface area contributed by atoms with Crippen LogP contribution in [-0.2, 0) is 4.84 Å². The first-order chi connectivity index (χ1) is 3.27. The second kappa shape index (κ2) is 3.65. The van der Waals surface area contributed by atoms with Crippen molar-refractivity contribution in [2.45, 2.75) is 13.8 Å². The quantitative estimate of drug-likeness (QED) is 0.378. The Labute approximate surface area is 44.2 Å².